The molecule has 29 heavy (non-hydrogen) atoms. The fourth-order valence-electron chi connectivity index (χ4n) is 3.82. The van der Waals surface area contributed by atoms with Gasteiger partial charge >= 0.3 is 51.4 Å². The summed E-state index contributed by atoms with van der Waals surface area (Å²) in [6, 6.07) is 0. The summed E-state index contributed by atoms with van der Waals surface area (Å²) in [6.45, 7) is 4.37. The van der Waals surface area contributed by atoms with Crippen LogP contribution < -0.4 is 51.4 Å². The van der Waals surface area contributed by atoms with Crippen molar-refractivity contribution in [3.8, 4) is 0 Å². The van der Waals surface area contributed by atoms with E-state index in [4.69, 9.17) is 0 Å². The summed E-state index contributed by atoms with van der Waals surface area (Å²) >= 11 is 0. The van der Waals surface area contributed by atoms with Gasteiger partial charge in [-0.15, -0.1) is 0 Å². The van der Waals surface area contributed by atoms with Gasteiger partial charge in [-0.1, -0.05) is 110 Å². The molecule has 2 atom stereocenters. The molecular formula is C23H47KO4S. The third-order valence-corrected chi connectivity index (χ3v) is 7.03. The van der Waals surface area contributed by atoms with Crippen LogP contribution in [0.2, 0.25) is 0 Å². The van der Waals surface area contributed by atoms with Crippen molar-refractivity contribution in [1.82, 2.24) is 0 Å². The van der Waals surface area contributed by atoms with Crippen LogP contribution in [-0.4, -0.2) is 29.4 Å². The van der Waals surface area contributed by atoms with E-state index in [1.165, 1.54) is 44.9 Å². The molecule has 0 saturated carbocycles. The fourth-order valence-corrected chi connectivity index (χ4v) is 4.73. The number of rotatable bonds is 21. The monoisotopic (exact) mass is 458 g/mol. The van der Waals surface area contributed by atoms with Crippen LogP contribution in [0, 0.1) is 0 Å². The molecule has 1 N–H and O–H groups in total. The molecule has 0 aromatic carbocycles. The first-order chi connectivity index (χ1) is 13.4. The minimum absolute atomic E-state index is 0. The first-order valence-corrected chi connectivity index (χ1v) is 13.5. The van der Waals surface area contributed by atoms with Crippen molar-refractivity contribution in [3.05, 3.63) is 0 Å². The van der Waals surface area contributed by atoms with E-state index >= 15 is 0 Å². The Balaban J connectivity index is 0. The van der Waals surface area contributed by atoms with Crippen molar-refractivity contribution >= 4 is 10.1 Å². The average molecular weight is 459 g/mol. The Hall–Kier alpha value is 1.51. The van der Waals surface area contributed by atoms with Crippen LogP contribution in [0.4, 0.5) is 0 Å². The SMILES string of the molecule is CCCCCCCCCCC(CCCCCCC(O)CCCCC)S(=O)(=O)[O-].[K+]. The Morgan fingerprint density at radius 3 is 1.34 bits per heavy atom. The molecule has 0 aliphatic heterocycles. The van der Waals surface area contributed by atoms with Gasteiger partial charge in [-0.25, -0.2) is 8.42 Å². The molecule has 0 spiro atoms. The molecule has 0 aromatic rings. The first-order valence-electron chi connectivity index (χ1n) is 12.0. The largest absolute Gasteiger partial charge is 1.00 e. The summed E-state index contributed by atoms with van der Waals surface area (Å²) in [7, 11) is -4.18. The summed E-state index contributed by atoms with van der Waals surface area (Å²) in [5.74, 6) is 0. The minimum atomic E-state index is -4.18. The van der Waals surface area contributed by atoms with E-state index in [0.717, 1.165) is 64.2 Å². The summed E-state index contributed by atoms with van der Waals surface area (Å²) in [5, 5.41) is 9.21. The summed E-state index contributed by atoms with van der Waals surface area (Å²) in [5.41, 5.74) is 0. The Labute approximate surface area is 224 Å². The van der Waals surface area contributed by atoms with Gasteiger partial charge in [0.25, 0.3) is 0 Å². The van der Waals surface area contributed by atoms with Gasteiger partial charge in [-0.05, 0) is 25.7 Å². The molecule has 0 aromatic heterocycles. The van der Waals surface area contributed by atoms with Gasteiger partial charge in [0.2, 0.25) is 0 Å². The molecule has 0 saturated heterocycles. The van der Waals surface area contributed by atoms with Gasteiger partial charge in [0, 0.05) is 5.25 Å². The molecule has 2 unspecified atom stereocenters. The van der Waals surface area contributed by atoms with E-state index in [2.05, 4.69) is 13.8 Å². The van der Waals surface area contributed by atoms with E-state index in [1.807, 2.05) is 0 Å². The first kappa shape index (κ1) is 32.7. The normalized spacial score (nSPS) is 13.8. The van der Waals surface area contributed by atoms with Crippen molar-refractivity contribution in [2.24, 2.45) is 0 Å². The van der Waals surface area contributed by atoms with Crippen LogP contribution in [0.1, 0.15) is 136 Å². The number of aliphatic hydroxyl groups excluding tert-OH is 1. The topological polar surface area (TPSA) is 77.4 Å². The van der Waals surface area contributed by atoms with Crippen molar-refractivity contribution in [2.45, 2.75) is 147 Å². The van der Waals surface area contributed by atoms with Gasteiger partial charge < -0.3 is 9.66 Å². The summed E-state index contributed by atoms with van der Waals surface area (Å²) in [6.07, 6.45) is 19.1. The summed E-state index contributed by atoms with van der Waals surface area (Å²) < 4.78 is 34.5. The van der Waals surface area contributed by atoms with Gasteiger partial charge in [0.1, 0.15) is 0 Å². The van der Waals surface area contributed by atoms with Gasteiger partial charge in [-0.3, -0.25) is 0 Å². The average Bonchev–Trinajstić information content (AvgIpc) is 2.64. The molecule has 0 rings (SSSR count). The van der Waals surface area contributed by atoms with Crippen LogP contribution in [-0.2, 0) is 10.1 Å². The standard InChI is InChI=1S/C23H48O4S.K/c1-3-5-7-8-9-10-11-16-20-23(28(25,26)27)21-17-13-12-15-19-22(24)18-14-6-4-2;/h22-24H,3-21H2,1-2H3,(H,25,26,27);/q;+1/p-1. The third-order valence-electron chi connectivity index (χ3n) is 5.74. The molecule has 0 amide bonds. The second-order valence-corrected chi connectivity index (χ2v) is 10.2. The van der Waals surface area contributed by atoms with E-state index in [1.54, 1.807) is 0 Å². The van der Waals surface area contributed by atoms with Crippen molar-refractivity contribution in [1.29, 1.82) is 0 Å². The van der Waals surface area contributed by atoms with Crippen LogP contribution in [0.5, 0.6) is 0 Å². The zero-order valence-electron chi connectivity index (χ0n) is 19.7. The quantitative estimate of drug-likeness (QED) is 0.162. The molecule has 0 heterocycles. The Morgan fingerprint density at radius 1 is 0.621 bits per heavy atom. The van der Waals surface area contributed by atoms with Crippen LogP contribution >= 0.6 is 0 Å². The fraction of sp³-hybridized carbons (Fsp3) is 1.00. The minimum Gasteiger partial charge on any atom is -0.748 e. The van der Waals surface area contributed by atoms with E-state index in [9.17, 15) is 18.1 Å². The predicted octanol–water partition coefficient (Wildman–Crippen LogP) is 3.72. The molecule has 0 aliphatic rings. The second kappa shape index (κ2) is 22.7. The summed E-state index contributed by atoms with van der Waals surface area (Å²) in [4.78, 5) is 0. The Morgan fingerprint density at radius 2 is 0.931 bits per heavy atom. The maximum absolute atomic E-state index is 11.5. The molecule has 4 nitrogen and oxygen atoms in total. The predicted molar refractivity (Wildman–Crippen MR) is 119 cm³/mol. The number of unbranched alkanes of at least 4 members (excludes halogenated alkanes) is 12. The van der Waals surface area contributed by atoms with E-state index in [0.29, 0.717) is 12.8 Å². The third kappa shape index (κ3) is 22.5. The van der Waals surface area contributed by atoms with Crippen LogP contribution in [0.3, 0.4) is 0 Å². The molecule has 170 valence electrons. The van der Waals surface area contributed by atoms with Crippen molar-refractivity contribution < 1.29 is 69.5 Å². The van der Waals surface area contributed by atoms with E-state index < -0.39 is 15.4 Å². The number of aliphatic hydroxyl groups is 1. The Kier molecular flexibility index (Phi) is 25.6. The van der Waals surface area contributed by atoms with Crippen LogP contribution in [0.25, 0.3) is 0 Å². The molecule has 6 heteroatoms. The van der Waals surface area contributed by atoms with Crippen molar-refractivity contribution in [2.75, 3.05) is 0 Å². The molecule has 0 radical (unpaired) electrons. The maximum atomic E-state index is 11.5. The maximum Gasteiger partial charge on any atom is 1.00 e. The Bertz CT molecular complexity index is 429. The molecule has 0 aliphatic carbocycles. The van der Waals surface area contributed by atoms with Crippen molar-refractivity contribution in [3.63, 3.8) is 0 Å². The zero-order chi connectivity index (χ0) is 21.1. The van der Waals surface area contributed by atoms with Crippen LogP contribution in [0.15, 0.2) is 0 Å². The molecule has 0 bridgehead atoms. The van der Waals surface area contributed by atoms with Gasteiger partial charge in [0.15, 0.2) is 0 Å². The second-order valence-electron chi connectivity index (χ2n) is 8.52. The van der Waals surface area contributed by atoms with E-state index in [-0.39, 0.29) is 57.5 Å². The smallest absolute Gasteiger partial charge is 0.748 e. The number of hydrogen-bond donors (Lipinski definition) is 1. The van der Waals surface area contributed by atoms with Gasteiger partial charge in [0.05, 0.1) is 16.2 Å². The zero-order valence-corrected chi connectivity index (χ0v) is 23.6. The number of hydrogen-bond acceptors (Lipinski definition) is 4. The molecule has 0 fully saturated rings. The molecular weight excluding hydrogens is 411 g/mol. The van der Waals surface area contributed by atoms with Gasteiger partial charge in [-0.2, -0.15) is 0 Å².